The van der Waals surface area contributed by atoms with E-state index in [1.54, 1.807) is 30.3 Å². The van der Waals surface area contributed by atoms with Gasteiger partial charge in [0, 0.05) is 18.4 Å². The molecule has 1 aromatic carbocycles. The molecule has 3 rings (SSSR count). The van der Waals surface area contributed by atoms with Crippen LogP contribution < -0.4 is 10.1 Å². The maximum absolute atomic E-state index is 12.5. The highest BCUT2D eigenvalue weighted by Gasteiger charge is 2.35. The SMILES string of the molecule is COc1cccc(C=C2SC(=O)N(CCC(=O)NC3C=CS(=O)(=O)C3)C2=O)c1. The van der Waals surface area contributed by atoms with Crippen LogP contribution in [-0.4, -0.2) is 55.8 Å². The lowest BCUT2D eigenvalue weighted by atomic mass is 10.2. The van der Waals surface area contributed by atoms with Crippen LogP contribution in [0.15, 0.2) is 40.7 Å². The Morgan fingerprint density at radius 1 is 1.39 bits per heavy atom. The summed E-state index contributed by atoms with van der Waals surface area (Å²) < 4.78 is 27.8. The van der Waals surface area contributed by atoms with Gasteiger partial charge < -0.3 is 10.1 Å². The molecule has 1 N–H and O–H groups in total. The Morgan fingerprint density at radius 3 is 2.86 bits per heavy atom. The molecule has 1 atom stereocenters. The first-order chi connectivity index (χ1) is 13.3. The first-order valence-corrected chi connectivity index (χ1v) is 10.9. The Kier molecular flexibility index (Phi) is 5.90. The summed E-state index contributed by atoms with van der Waals surface area (Å²) in [5, 5.41) is 3.18. The molecule has 2 aliphatic rings. The Balaban J connectivity index is 1.58. The second-order valence-electron chi connectivity index (χ2n) is 6.19. The third-order valence-corrected chi connectivity index (χ3v) is 6.41. The van der Waals surface area contributed by atoms with Crippen LogP contribution in [0.2, 0.25) is 0 Å². The van der Waals surface area contributed by atoms with E-state index >= 15 is 0 Å². The topological polar surface area (TPSA) is 110 Å². The van der Waals surface area contributed by atoms with Crippen LogP contribution in [0.1, 0.15) is 12.0 Å². The van der Waals surface area contributed by atoms with E-state index in [1.807, 2.05) is 0 Å². The molecule has 8 nitrogen and oxygen atoms in total. The molecule has 0 spiro atoms. The van der Waals surface area contributed by atoms with E-state index in [4.69, 9.17) is 4.74 Å². The number of amides is 3. The van der Waals surface area contributed by atoms with E-state index in [0.29, 0.717) is 5.75 Å². The van der Waals surface area contributed by atoms with Crippen molar-refractivity contribution in [3.8, 4) is 5.75 Å². The number of ether oxygens (including phenoxy) is 1. The molecule has 28 heavy (non-hydrogen) atoms. The van der Waals surface area contributed by atoms with Crippen LogP contribution in [0.5, 0.6) is 5.75 Å². The summed E-state index contributed by atoms with van der Waals surface area (Å²) in [7, 11) is -1.73. The van der Waals surface area contributed by atoms with E-state index < -0.39 is 32.9 Å². The molecule has 148 valence electrons. The number of benzene rings is 1. The van der Waals surface area contributed by atoms with Gasteiger partial charge in [0.2, 0.25) is 5.91 Å². The van der Waals surface area contributed by atoms with Gasteiger partial charge in [0.05, 0.1) is 23.8 Å². The Morgan fingerprint density at radius 2 is 2.18 bits per heavy atom. The standard InChI is InChI=1S/C18H18N2O6S2/c1-26-14-4-2-3-12(9-14)10-15-17(22)20(18(23)27-15)7-5-16(21)19-13-6-8-28(24,25)11-13/h2-4,6,8-10,13H,5,7,11H2,1H3,(H,19,21). The van der Waals surface area contributed by atoms with E-state index in [-0.39, 0.29) is 23.6 Å². The lowest BCUT2D eigenvalue weighted by Gasteiger charge is -2.14. The fraction of sp³-hybridized carbons (Fsp3) is 0.278. The number of rotatable bonds is 6. The van der Waals surface area contributed by atoms with Crippen LogP contribution >= 0.6 is 11.8 Å². The fourth-order valence-corrected chi connectivity index (χ4v) is 4.83. The highest BCUT2D eigenvalue weighted by molar-refractivity contribution is 8.18. The van der Waals surface area contributed by atoms with E-state index in [0.717, 1.165) is 27.6 Å². The summed E-state index contributed by atoms with van der Waals surface area (Å²) in [5.74, 6) is -0.437. The molecule has 1 saturated heterocycles. The number of nitrogens with zero attached hydrogens (tertiary/aromatic N) is 1. The van der Waals surface area contributed by atoms with Gasteiger partial charge in [0.1, 0.15) is 5.75 Å². The monoisotopic (exact) mass is 422 g/mol. The zero-order valence-electron chi connectivity index (χ0n) is 15.0. The van der Waals surface area contributed by atoms with Gasteiger partial charge in [-0.2, -0.15) is 0 Å². The minimum Gasteiger partial charge on any atom is -0.497 e. The fourth-order valence-electron chi connectivity index (χ4n) is 2.73. The minimum absolute atomic E-state index is 0.0743. The predicted molar refractivity (Wildman–Crippen MR) is 105 cm³/mol. The van der Waals surface area contributed by atoms with Gasteiger partial charge in [-0.1, -0.05) is 12.1 Å². The van der Waals surface area contributed by atoms with Crippen molar-refractivity contribution in [3.05, 3.63) is 46.2 Å². The predicted octanol–water partition coefficient (Wildman–Crippen LogP) is 1.55. The molecule has 0 saturated carbocycles. The first kappa shape index (κ1) is 20.2. The van der Waals surface area contributed by atoms with E-state index in [2.05, 4.69) is 5.32 Å². The largest absolute Gasteiger partial charge is 0.497 e. The number of hydrogen-bond donors (Lipinski definition) is 1. The third kappa shape index (κ3) is 4.82. The average molecular weight is 422 g/mol. The number of nitrogens with one attached hydrogen (secondary N) is 1. The van der Waals surface area contributed by atoms with Gasteiger partial charge in [0.25, 0.3) is 11.1 Å². The molecule has 10 heteroatoms. The molecule has 0 bridgehead atoms. The van der Waals surface area contributed by atoms with Crippen LogP contribution in [0, 0.1) is 0 Å². The Bertz CT molecular complexity index is 984. The summed E-state index contributed by atoms with van der Waals surface area (Å²) >= 11 is 0.810. The molecule has 1 fully saturated rings. The Labute approximate surface area is 166 Å². The van der Waals surface area contributed by atoms with Crippen molar-refractivity contribution in [2.24, 2.45) is 0 Å². The van der Waals surface area contributed by atoms with Crippen molar-refractivity contribution < 1.29 is 27.5 Å². The first-order valence-electron chi connectivity index (χ1n) is 8.37. The maximum atomic E-state index is 12.5. The summed E-state index contributed by atoms with van der Waals surface area (Å²) in [6, 6.07) is 6.49. The van der Waals surface area contributed by atoms with Crippen molar-refractivity contribution in [2.75, 3.05) is 19.4 Å². The third-order valence-electron chi connectivity index (χ3n) is 4.10. The van der Waals surface area contributed by atoms with Crippen molar-refractivity contribution in [1.29, 1.82) is 0 Å². The Hall–Kier alpha value is -2.59. The second-order valence-corrected chi connectivity index (χ2v) is 9.12. The number of carbonyl (C=O) groups is 3. The molecule has 2 heterocycles. The summed E-state index contributed by atoms with van der Waals surface area (Å²) in [5.41, 5.74) is 0.719. The van der Waals surface area contributed by atoms with Crippen molar-refractivity contribution in [3.63, 3.8) is 0 Å². The second kappa shape index (κ2) is 8.19. The number of hydrogen-bond acceptors (Lipinski definition) is 7. The summed E-state index contributed by atoms with van der Waals surface area (Å²) in [4.78, 5) is 37.9. The van der Waals surface area contributed by atoms with Crippen molar-refractivity contribution in [1.82, 2.24) is 10.2 Å². The van der Waals surface area contributed by atoms with E-state index in [9.17, 15) is 22.8 Å². The molecule has 0 radical (unpaired) electrons. The van der Waals surface area contributed by atoms with Gasteiger partial charge in [0.15, 0.2) is 9.84 Å². The van der Waals surface area contributed by atoms with Crippen LogP contribution in [-0.2, 0) is 19.4 Å². The molecule has 0 aromatic heterocycles. The lowest BCUT2D eigenvalue weighted by molar-refractivity contribution is -0.124. The van der Waals surface area contributed by atoms with Gasteiger partial charge in [-0.15, -0.1) is 0 Å². The quantitative estimate of drug-likeness (QED) is 0.693. The number of imide groups is 1. The number of sulfone groups is 1. The van der Waals surface area contributed by atoms with Crippen molar-refractivity contribution >= 4 is 44.7 Å². The van der Waals surface area contributed by atoms with E-state index in [1.165, 1.54) is 13.2 Å². The van der Waals surface area contributed by atoms with Gasteiger partial charge in [-0.05, 0) is 41.6 Å². The van der Waals surface area contributed by atoms with Gasteiger partial charge in [-0.3, -0.25) is 19.3 Å². The maximum Gasteiger partial charge on any atom is 0.293 e. The number of carbonyl (C=O) groups excluding carboxylic acids is 3. The molecule has 1 unspecified atom stereocenters. The molecular weight excluding hydrogens is 404 g/mol. The van der Waals surface area contributed by atoms with Crippen LogP contribution in [0.3, 0.4) is 0 Å². The number of thioether (sulfide) groups is 1. The molecular formula is C18H18N2O6S2. The van der Waals surface area contributed by atoms with Crippen LogP contribution in [0.4, 0.5) is 4.79 Å². The molecule has 3 amide bonds. The lowest BCUT2D eigenvalue weighted by Crippen LogP contribution is -2.38. The normalized spacial score (nSPS) is 22.1. The zero-order valence-corrected chi connectivity index (χ0v) is 16.6. The minimum atomic E-state index is -3.27. The summed E-state index contributed by atoms with van der Waals surface area (Å²) in [6.45, 7) is -0.0743. The average Bonchev–Trinajstić information content (AvgIpc) is 3.11. The van der Waals surface area contributed by atoms with Crippen LogP contribution in [0.25, 0.3) is 6.08 Å². The highest BCUT2D eigenvalue weighted by Crippen LogP contribution is 2.32. The zero-order chi connectivity index (χ0) is 20.3. The summed E-state index contributed by atoms with van der Waals surface area (Å²) in [6.07, 6.45) is 2.90. The molecule has 1 aromatic rings. The van der Waals surface area contributed by atoms with Crippen molar-refractivity contribution in [2.45, 2.75) is 12.5 Å². The highest BCUT2D eigenvalue weighted by atomic mass is 32.2. The van der Waals surface area contributed by atoms with Gasteiger partial charge >= 0.3 is 0 Å². The number of methoxy groups -OCH3 is 1. The molecule has 0 aliphatic carbocycles. The van der Waals surface area contributed by atoms with Gasteiger partial charge in [-0.25, -0.2) is 8.42 Å². The smallest absolute Gasteiger partial charge is 0.293 e. The molecule has 2 aliphatic heterocycles.